The van der Waals surface area contributed by atoms with E-state index in [4.69, 9.17) is 4.74 Å². The largest absolute Gasteiger partial charge is 0.495 e. The van der Waals surface area contributed by atoms with Crippen molar-refractivity contribution in [1.82, 2.24) is 10.3 Å². The second-order valence-electron chi connectivity index (χ2n) is 5.76. The number of anilines is 1. The zero-order valence-electron chi connectivity index (χ0n) is 14.9. The summed E-state index contributed by atoms with van der Waals surface area (Å²) in [5, 5.41) is 5.38. The summed E-state index contributed by atoms with van der Waals surface area (Å²) in [4.78, 5) is 28.6. The monoisotopic (exact) mass is 401 g/mol. The van der Waals surface area contributed by atoms with E-state index < -0.39 is 0 Å². The minimum Gasteiger partial charge on any atom is -0.495 e. The number of hydrogen-bond acceptors (Lipinski definition) is 6. The number of methoxy groups -OCH3 is 1. The number of nitrogens with zero attached hydrogens (tertiary/aromatic N) is 1. The summed E-state index contributed by atoms with van der Waals surface area (Å²) in [7, 11) is 1.54. The van der Waals surface area contributed by atoms with E-state index in [2.05, 4.69) is 15.6 Å². The first-order chi connectivity index (χ1) is 13.0. The van der Waals surface area contributed by atoms with E-state index in [9.17, 15) is 9.59 Å². The number of rotatable bonds is 7. The number of fused-ring (bicyclic) bond motifs is 1. The Kier molecular flexibility index (Phi) is 6.31. The first-order valence-electron chi connectivity index (χ1n) is 8.24. The Morgan fingerprint density at radius 2 is 2.00 bits per heavy atom. The van der Waals surface area contributed by atoms with E-state index in [-0.39, 0.29) is 24.1 Å². The van der Waals surface area contributed by atoms with E-state index in [1.165, 1.54) is 11.8 Å². The smallest absolute Gasteiger partial charge is 0.243 e. The lowest BCUT2D eigenvalue weighted by Crippen LogP contribution is -2.33. The molecule has 0 aliphatic heterocycles. The molecule has 2 N–H and O–H groups in total. The third-order valence-electron chi connectivity index (χ3n) is 3.68. The van der Waals surface area contributed by atoms with E-state index in [1.54, 1.807) is 24.5 Å². The molecule has 3 rings (SSSR count). The number of aryl methyl sites for hydroxylation is 1. The van der Waals surface area contributed by atoms with Crippen molar-refractivity contribution in [3.63, 3.8) is 0 Å². The third kappa shape index (κ3) is 5.21. The fourth-order valence-electron chi connectivity index (χ4n) is 2.38. The highest BCUT2D eigenvalue weighted by Crippen LogP contribution is 2.29. The van der Waals surface area contributed by atoms with Gasteiger partial charge in [0.2, 0.25) is 11.8 Å². The van der Waals surface area contributed by atoms with Crippen LogP contribution in [0.5, 0.6) is 5.75 Å². The summed E-state index contributed by atoms with van der Waals surface area (Å²) in [5.74, 6) is 0.260. The van der Waals surface area contributed by atoms with Gasteiger partial charge in [-0.2, -0.15) is 0 Å². The van der Waals surface area contributed by atoms with Gasteiger partial charge in [-0.25, -0.2) is 4.98 Å². The molecular formula is C19H19N3O3S2. The number of aromatic nitrogens is 1. The summed E-state index contributed by atoms with van der Waals surface area (Å²) in [6.07, 6.45) is 0. The quantitative estimate of drug-likeness (QED) is 0.593. The van der Waals surface area contributed by atoms with Gasteiger partial charge >= 0.3 is 0 Å². The molecule has 1 aromatic heterocycles. The lowest BCUT2D eigenvalue weighted by Gasteiger charge is -2.11. The summed E-state index contributed by atoms with van der Waals surface area (Å²) >= 11 is 2.91. The molecular weight excluding hydrogens is 382 g/mol. The summed E-state index contributed by atoms with van der Waals surface area (Å²) < 4.78 is 7.15. The predicted molar refractivity (Wildman–Crippen MR) is 110 cm³/mol. The van der Waals surface area contributed by atoms with Crippen LogP contribution in [0.1, 0.15) is 5.56 Å². The van der Waals surface area contributed by atoms with Gasteiger partial charge in [0.15, 0.2) is 4.34 Å². The molecule has 0 spiro atoms. The van der Waals surface area contributed by atoms with Crippen LogP contribution in [-0.2, 0) is 9.59 Å². The van der Waals surface area contributed by atoms with Crippen LogP contribution in [0.4, 0.5) is 5.69 Å². The normalized spacial score (nSPS) is 10.6. The van der Waals surface area contributed by atoms with E-state index in [0.717, 1.165) is 20.1 Å². The molecule has 2 aromatic carbocycles. The Bertz CT molecular complexity index is 939. The third-order valence-corrected chi connectivity index (χ3v) is 5.86. The van der Waals surface area contributed by atoms with Crippen LogP contribution < -0.4 is 15.4 Å². The van der Waals surface area contributed by atoms with E-state index in [1.807, 2.05) is 43.3 Å². The van der Waals surface area contributed by atoms with Gasteiger partial charge in [0.25, 0.3) is 0 Å². The molecule has 3 aromatic rings. The topological polar surface area (TPSA) is 80.3 Å². The molecule has 27 heavy (non-hydrogen) atoms. The van der Waals surface area contributed by atoms with Crippen LogP contribution in [-0.4, -0.2) is 36.2 Å². The van der Waals surface area contributed by atoms with Crippen molar-refractivity contribution in [2.45, 2.75) is 11.3 Å². The number of thiazole rings is 1. The molecule has 0 fully saturated rings. The SMILES string of the molecule is COc1ccc(C)cc1NC(=O)CNC(=O)CSc1nc2ccccc2s1. The molecule has 0 aliphatic carbocycles. The zero-order chi connectivity index (χ0) is 19.2. The van der Waals surface area contributed by atoms with Gasteiger partial charge in [-0.15, -0.1) is 11.3 Å². The van der Waals surface area contributed by atoms with Crippen molar-refractivity contribution in [3.8, 4) is 5.75 Å². The number of para-hydroxylation sites is 1. The number of nitrogens with one attached hydrogen (secondary N) is 2. The van der Waals surface area contributed by atoms with Crippen LogP contribution in [0.2, 0.25) is 0 Å². The van der Waals surface area contributed by atoms with Crippen LogP contribution in [0, 0.1) is 6.92 Å². The molecule has 6 nitrogen and oxygen atoms in total. The minimum absolute atomic E-state index is 0.101. The standard InChI is InChI=1S/C19H19N3O3S2/c1-12-7-8-15(25-2)14(9-12)21-17(23)10-20-18(24)11-26-19-22-13-5-3-4-6-16(13)27-19/h3-9H,10-11H2,1-2H3,(H,20,24)(H,21,23). The van der Waals surface area contributed by atoms with Gasteiger partial charge in [-0.3, -0.25) is 9.59 Å². The molecule has 0 aliphatic rings. The zero-order valence-corrected chi connectivity index (χ0v) is 16.6. The van der Waals surface area contributed by atoms with Gasteiger partial charge in [0, 0.05) is 0 Å². The molecule has 1 heterocycles. The fourth-order valence-corrected chi connectivity index (χ4v) is 4.28. The van der Waals surface area contributed by atoms with Crippen molar-refractivity contribution in [2.75, 3.05) is 24.7 Å². The minimum atomic E-state index is -0.308. The van der Waals surface area contributed by atoms with Gasteiger partial charge < -0.3 is 15.4 Å². The maximum absolute atomic E-state index is 12.1. The average Bonchev–Trinajstić information content (AvgIpc) is 3.08. The number of hydrogen-bond donors (Lipinski definition) is 2. The van der Waals surface area contributed by atoms with Gasteiger partial charge in [-0.05, 0) is 36.8 Å². The number of amides is 2. The van der Waals surface area contributed by atoms with Gasteiger partial charge in [0.05, 0.1) is 35.3 Å². The van der Waals surface area contributed by atoms with Crippen LogP contribution in [0.25, 0.3) is 10.2 Å². The second kappa shape index (κ2) is 8.88. The Morgan fingerprint density at radius 1 is 1.19 bits per heavy atom. The van der Waals surface area contributed by atoms with Gasteiger partial charge in [-0.1, -0.05) is 30.0 Å². The van der Waals surface area contributed by atoms with Crippen molar-refractivity contribution in [2.24, 2.45) is 0 Å². The van der Waals surface area contributed by atoms with Crippen molar-refractivity contribution >= 4 is 50.8 Å². The molecule has 8 heteroatoms. The first kappa shape index (κ1) is 19.2. The van der Waals surface area contributed by atoms with Crippen molar-refractivity contribution < 1.29 is 14.3 Å². The Hall–Kier alpha value is -2.58. The molecule has 0 atom stereocenters. The molecule has 0 radical (unpaired) electrons. The Labute approximate surface area is 165 Å². The maximum atomic E-state index is 12.1. The van der Waals surface area contributed by atoms with Gasteiger partial charge in [0.1, 0.15) is 5.75 Å². The summed E-state index contributed by atoms with van der Waals surface area (Å²) in [6.45, 7) is 1.83. The number of carbonyl (C=O) groups excluding carboxylic acids is 2. The average molecular weight is 402 g/mol. The molecule has 140 valence electrons. The number of benzene rings is 2. The molecule has 0 bridgehead atoms. The predicted octanol–water partition coefficient (Wildman–Crippen LogP) is 3.46. The second-order valence-corrected chi connectivity index (χ2v) is 8.02. The summed E-state index contributed by atoms with van der Waals surface area (Å²) in [5.41, 5.74) is 2.51. The van der Waals surface area contributed by atoms with Crippen LogP contribution in [0.3, 0.4) is 0 Å². The highest BCUT2D eigenvalue weighted by Gasteiger charge is 2.11. The molecule has 2 amide bonds. The lowest BCUT2D eigenvalue weighted by molar-refractivity contribution is -0.122. The summed E-state index contributed by atoms with van der Waals surface area (Å²) in [6, 6.07) is 13.4. The first-order valence-corrected chi connectivity index (χ1v) is 10.0. The van der Waals surface area contributed by atoms with E-state index in [0.29, 0.717) is 11.4 Å². The Balaban J connectivity index is 1.47. The number of carbonyl (C=O) groups is 2. The van der Waals surface area contributed by atoms with Crippen molar-refractivity contribution in [1.29, 1.82) is 0 Å². The Morgan fingerprint density at radius 3 is 2.78 bits per heavy atom. The van der Waals surface area contributed by atoms with Crippen LogP contribution >= 0.6 is 23.1 Å². The number of ether oxygens (including phenoxy) is 1. The molecule has 0 saturated heterocycles. The number of thioether (sulfide) groups is 1. The maximum Gasteiger partial charge on any atom is 0.243 e. The molecule has 0 unspecified atom stereocenters. The van der Waals surface area contributed by atoms with Crippen molar-refractivity contribution in [3.05, 3.63) is 48.0 Å². The van der Waals surface area contributed by atoms with E-state index >= 15 is 0 Å². The van der Waals surface area contributed by atoms with Crippen LogP contribution in [0.15, 0.2) is 46.8 Å². The molecule has 0 saturated carbocycles. The highest BCUT2D eigenvalue weighted by molar-refractivity contribution is 8.01. The fraction of sp³-hybridized carbons (Fsp3) is 0.211. The lowest BCUT2D eigenvalue weighted by atomic mass is 10.2. The highest BCUT2D eigenvalue weighted by atomic mass is 32.2.